The van der Waals surface area contributed by atoms with Crippen LogP contribution in [0.25, 0.3) is 0 Å². The highest BCUT2D eigenvalue weighted by atomic mass is 28.4. The van der Waals surface area contributed by atoms with Gasteiger partial charge in [-0.15, -0.1) is 0 Å². The Labute approximate surface area is 134 Å². The van der Waals surface area contributed by atoms with Gasteiger partial charge in [-0.05, 0) is 39.3 Å². The van der Waals surface area contributed by atoms with E-state index in [0.29, 0.717) is 5.54 Å². The normalized spacial score (nSPS) is 13.0. The minimum atomic E-state index is -2.07. The SMILES string of the molecule is CCCCCC[Si](OCC)(OCC)C(CC)CCCN.N. The van der Waals surface area contributed by atoms with Crippen molar-refractivity contribution in [1.29, 1.82) is 0 Å². The molecule has 130 valence electrons. The molecule has 0 aromatic rings. The van der Waals surface area contributed by atoms with E-state index in [4.69, 9.17) is 14.6 Å². The van der Waals surface area contributed by atoms with Crippen molar-refractivity contribution in [2.45, 2.75) is 84.2 Å². The number of hydrogen-bond donors (Lipinski definition) is 2. The standard InChI is InChI=1S/C16H37NO2Si.H3N/c1-5-9-10-11-15-20(18-7-3,19-8-4)16(6-2)13-12-14-17;/h16H,5-15,17H2,1-4H3;1H3. The van der Waals surface area contributed by atoms with Crippen molar-refractivity contribution in [3.8, 4) is 0 Å². The van der Waals surface area contributed by atoms with Crippen molar-refractivity contribution in [1.82, 2.24) is 6.15 Å². The summed E-state index contributed by atoms with van der Waals surface area (Å²) in [4.78, 5) is 0. The van der Waals surface area contributed by atoms with Gasteiger partial charge in [0.2, 0.25) is 0 Å². The smallest absolute Gasteiger partial charge is 0.341 e. The third-order valence-corrected chi connectivity index (χ3v) is 8.57. The van der Waals surface area contributed by atoms with Crippen molar-refractivity contribution >= 4 is 8.56 Å². The fourth-order valence-corrected chi connectivity index (χ4v) is 7.25. The maximum absolute atomic E-state index is 6.28. The van der Waals surface area contributed by atoms with E-state index in [0.717, 1.165) is 45.1 Å². The third-order valence-electron chi connectivity index (χ3n) is 4.03. The van der Waals surface area contributed by atoms with Gasteiger partial charge in [-0.25, -0.2) is 0 Å². The Morgan fingerprint density at radius 3 is 1.95 bits per heavy atom. The van der Waals surface area contributed by atoms with E-state index in [-0.39, 0.29) is 6.15 Å². The van der Waals surface area contributed by atoms with Crippen LogP contribution in [0.2, 0.25) is 11.6 Å². The molecule has 0 aliphatic rings. The molecule has 0 fully saturated rings. The van der Waals surface area contributed by atoms with Gasteiger partial charge in [-0.3, -0.25) is 0 Å². The lowest BCUT2D eigenvalue weighted by Gasteiger charge is -2.37. The van der Waals surface area contributed by atoms with Crippen LogP contribution in [-0.2, 0) is 8.85 Å². The van der Waals surface area contributed by atoms with Gasteiger partial charge in [0.05, 0.1) is 0 Å². The van der Waals surface area contributed by atoms with Crippen molar-refractivity contribution in [2.75, 3.05) is 19.8 Å². The van der Waals surface area contributed by atoms with Crippen molar-refractivity contribution in [3.05, 3.63) is 0 Å². The summed E-state index contributed by atoms with van der Waals surface area (Å²) in [7, 11) is -2.07. The monoisotopic (exact) mass is 320 g/mol. The second-order valence-corrected chi connectivity index (χ2v) is 9.04. The van der Waals surface area contributed by atoms with Gasteiger partial charge >= 0.3 is 8.56 Å². The Morgan fingerprint density at radius 1 is 0.905 bits per heavy atom. The molecular weight excluding hydrogens is 280 g/mol. The molecule has 0 aromatic carbocycles. The number of unbranched alkanes of at least 4 members (excludes halogenated alkanes) is 3. The molecule has 0 heterocycles. The third kappa shape index (κ3) is 8.93. The molecule has 0 spiro atoms. The number of rotatable bonds is 14. The maximum Gasteiger partial charge on any atom is 0.341 e. The summed E-state index contributed by atoms with van der Waals surface area (Å²) in [6.45, 7) is 11.1. The summed E-state index contributed by atoms with van der Waals surface area (Å²) in [6, 6.07) is 1.15. The van der Waals surface area contributed by atoms with E-state index in [9.17, 15) is 0 Å². The lowest BCUT2D eigenvalue weighted by Crippen LogP contribution is -2.47. The average molecular weight is 321 g/mol. The maximum atomic E-state index is 6.28. The van der Waals surface area contributed by atoms with E-state index in [1.165, 1.54) is 25.7 Å². The lowest BCUT2D eigenvalue weighted by molar-refractivity contribution is 0.167. The summed E-state index contributed by atoms with van der Waals surface area (Å²) in [6.07, 6.45) is 8.55. The van der Waals surface area contributed by atoms with Gasteiger partial charge in [-0.1, -0.05) is 46.0 Å². The van der Waals surface area contributed by atoms with Crippen molar-refractivity contribution < 1.29 is 8.85 Å². The molecule has 0 saturated heterocycles. The molecule has 0 amide bonds. The van der Waals surface area contributed by atoms with Crippen molar-refractivity contribution in [2.24, 2.45) is 5.73 Å². The molecule has 0 rings (SSSR count). The predicted octanol–water partition coefficient (Wildman–Crippen LogP) is 4.76. The first kappa shape index (κ1) is 23.3. The van der Waals surface area contributed by atoms with E-state index < -0.39 is 8.56 Å². The summed E-state index contributed by atoms with van der Waals surface area (Å²) >= 11 is 0. The molecule has 4 nitrogen and oxygen atoms in total. The Kier molecular flexibility index (Phi) is 16.6. The number of nitrogens with two attached hydrogens (primary N) is 1. The molecule has 21 heavy (non-hydrogen) atoms. The second-order valence-electron chi connectivity index (χ2n) is 5.52. The molecule has 5 N–H and O–H groups in total. The lowest BCUT2D eigenvalue weighted by atomic mass is 10.2. The van der Waals surface area contributed by atoms with E-state index in [1.54, 1.807) is 0 Å². The average Bonchev–Trinajstić information content (AvgIpc) is 2.45. The van der Waals surface area contributed by atoms with Crippen LogP contribution < -0.4 is 11.9 Å². The zero-order chi connectivity index (χ0) is 15.3. The second kappa shape index (κ2) is 15.0. The highest BCUT2D eigenvalue weighted by Crippen LogP contribution is 2.36. The first-order chi connectivity index (χ1) is 9.70. The van der Waals surface area contributed by atoms with Gasteiger partial charge in [0, 0.05) is 18.8 Å². The topological polar surface area (TPSA) is 79.5 Å². The van der Waals surface area contributed by atoms with Crippen LogP contribution in [0.5, 0.6) is 0 Å². The Balaban J connectivity index is 0. The van der Waals surface area contributed by atoms with Gasteiger partial charge in [0.25, 0.3) is 0 Å². The minimum absolute atomic E-state index is 0. The zero-order valence-electron chi connectivity index (χ0n) is 15.0. The largest absolute Gasteiger partial charge is 0.394 e. The van der Waals surface area contributed by atoms with E-state index in [2.05, 4.69) is 27.7 Å². The van der Waals surface area contributed by atoms with Crippen LogP contribution >= 0.6 is 0 Å². The summed E-state index contributed by atoms with van der Waals surface area (Å²) < 4.78 is 12.6. The van der Waals surface area contributed by atoms with Gasteiger partial charge < -0.3 is 20.7 Å². The fourth-order valence-electron chi connectivity index (χ4n) is 3.01. The van der Waals surface area contributed by atoms with Crippen LogP contribution in [0.4, 0.5) is 0 Å². The van der Waals surface area contributed by atoms with Crippen LogP contribution in [0.1, 0.15) is 72.6 Å². The Morgan fingerprint density at radius 2 is 1.52 bits per heavy atom. The van der Waals surface area contributed by atoms with Crippen molar-refractivity contribution in [3.63, 3.8) is 0 Å². The molecule has 1 atom stereocenters. The first-order valence-electron chi connectivity index (χ1n) is 8.68. The van der Waals surface area contributed by atoms with Gasteiger partial charge in [0.15, 0.2) is 0 Å². The molecule has 0 radical (unpaired) electrons. The first-order valence-corrected chi connectivity index (χ1v) is 10.8. The van der Waals surface area contributed by atoms with Gasteiger partial charge in [-0.2, -0.15) is 0 Å². The van der Waals surface area contributed by atoms with Crippen LogP contribution in [0, 0.1) is 0 Å². The van der Waals surface area contributed by atoms with Crippen LogP contribution in [0.15, 0.2) is 0 Å². The Hall–Kier alpha value is 0.0569. The molecular formula is C16H40N2O2Si. The zero-order valence-corrected chi connectivity index (χ0v) is 16.0. The molecule has 0 saturated carbocycles. The summed E-state index contributed by atoms with van der Waals surface area (Å²) in [5, 5.41) is 0. The minimum Gasteiger partial charge on any atom is -0.394 e. The van der Waals surface area contributed by atoms with E-state index in [1.807, 2.05) is 0 Å². The van der Waals surface area contributed by atoms with Crippen LogP contribution in [0.3, 0.4) is 0 Å². The molecule has 5 heteroatoms. The molecule has 0 aliphatic carbocycles. The molecule has 0 bridgehead atoms. The Bertz CT molecular complexity index is 212. The summed E-state index contributed by atoms with van der Waals surface area (Å²) in [5.74, 6) is 0. The van der Waals surface area contributed by atoms with Crippen LogP contribution in [-0.4, -0.2) is 28.3 Å². The molecule has 0 aliphatic heterocycles. The van der Waals surface area contributed by atoms with E-state index >= 15 is 0 Å². The predicted molar refractivity (Wildman–Crippen MR) is 95.3 cm³/mol. The number of hydrogen-bond acceptors (Lipinski definition) is 4. The highest BCUT2D eigenvalue weighted by molar-refractivity contribution is 6.69. The quantitative estimate of drug-likeness (QED) is 0.357. The fraction of sp³-hybridized carbons (Fsp3) is 1.00. The molecule has 1 unspecified atom stereocenters. The highest BCUT2D eigenvalue weighted by Gasteiger charge is 2.43. The van der Waals surface area contributed by atoms with Gasteiger partial charge in [0.1, 0.15) is 0 Å². The molecule has 0 aromatic heterocycles. The summed E-state index contributed by atoms with van der Waals surface area (Å²) in [5.41, 5.74) is 6.29.